The van der Waals surface area contributed by atoms with Gasteiger partial charge in [0.05, 0.1) is 0 Å². The Morgan fingerprint density at radius 2 is 2.31 bits per heavy atom. The zero-order valence-corrected chi connectivity index (χ0v) is 9.07. The fraction of sp³-hybridized carbons (Fsp3) is 0.250. The Morgan fingerprint density at radius 1 is 1.44 bits per heavy atom. The summed E-state index contributed by atoms with van der Waals surface area (Å²) in [5.41, 5.74) is 1.96. The number of H-pyrrole nitrogens is 1. The molecule has 3 nitrogen and oxygen atoms in total. The van der Waals surface area contributed by atoms with E-state index in [-0.39, 0.29) is 11.9 Å². The molecule has 0 saturated carbocycles. The van der Waals surface area contributed by atoms with Crippen molar-refractivity contribution in [2.75, 3.05) is 0 Å². The number of nitrogens with one attached hydrogen (secondary N) is 2. The molecule has 1 heterocycles. The summed E-state index contributed by atoms with van der Waals surface area (Å²) in [5.74, 6) is -0.201. The number of aromatic amines is 1. The molecule has 1 atom stereocenters. The van der Waals surface area contributed by atoms with Gasteiger partial charge in [0.2, 0.25) is 0 Å². The molecule has 0 aliphatic heterocycles. The maximum absolute atomic E-state index is 13.0. The molecular weight excluding hydrogens is 205 g/mol. The summed E-state index contributed by atoms with van der Waals surface area (Å²) in [7, 11) is 0. The smallest absolute Gasteiger partial charge is 0.123 e. The molecular formula is C12H14FN3. The van der Waals surface area contributed by atoms with Crippen molar-refractivity contribution >= 4 is 0 Å². The first-order valence-corrected chi connectivity index (χ1v) is 5.23. The van der Waals surface area contributed by atoms with Crippen LogP contribution in [0.5, 0.6) is 0 Å². The summed E-state index contributed by atoms with van der Waals surface area (Å²) in [5, 5.41) is 10.0. The van der Waals surface area contributed by atoms with Gasteiger partial charge in [0, 0.05) is 24.5 Å². The molecule has 1 unspecified atom stereocenters. The number of aromatic nitrogens is 2. The lowest BCUT2D eigenvalue weighted by Crippen LogP contribution is -2.18. The monoisotopic (exact) mass is 219 g/mol. The van der Waals surface area contributed by atoms with Crippen LogP contribution in [0.15, 0.2) is 36.5 Å². The first-order chi connectivity index (χ1) is 7.75. The highest BCUT2D eigenvalue weighted by Crippen LogP contribution is 2.13. The van der Waals surface area contributed by atoms with Crippen LogP contribution in [0, 0.1) is 5.82 Å². The van der Waals surface area contributed by atoms with E-state index in [9.17, 15) is 4.39 Å². The van der Waals surface area contributed by atoms with Crippen LogP contribution in [0.3, 0.4) is 0 Å². The van der Waals surface area contributed by atoms with E-state index in [1.54, 1.807) is 18.3 Å². The van der Waals surface area contributed by atoms with Gasteiger partial charge in [-0.25, -0.2) is 4.39 Å². The number of rotatable bonds is 4. The summed E-state index contributed by atoms with van der Waals surface area (Å²) in [6, 6.07) is 8.65. The van der Waals surface area contributed by atoms with Crippen LogP contribution >= 0.6 is 0 Å². The number of hydrogen-bond donors (Lipinski definition) is 2. The van der Waals surface area contributed by atoms with Gasteiger partial charge in [0.25, 0.3) is 0 Å². The lowest BCUT2D eigenvalue weighted by molar-refractivity contribution is 0.559. The fourth-order valence-electron chi connectivity index (χ4n) is 1.54. The van der Waals surface area contributed by atoms with Crippen molar-refractivity contribution in [2.24, 2.45) is 0 Å². The zero-order chi connectivity index (χ0) is 11.4. The van der Waals surface area contributed by atoms with Crippen LogP contribution in [0.25, 0.3) is 0 Å². The molecule has 2 aromatic rings. The third-order valence-corrected chi connectivity index (χ3v) is 2.51. The molecule has 4 heteroatoms. The zero-order valence-electron chi connectivity index (χ0n) is 9.07. The maximum Gasteiger partial charge on any atom is 0.123 e. The Labute approximate surface area is 93.7 Å². The molecule has 2 N–H and O–H groups in total. The van der Waals surface area contributed by atoms with Gasteiger partial charge in [-0.3, -0.25) is 5.10 Å². The Bertz CT molecular complexity index is 439. The van der Waals surface area contributed by atoms with Gasteiger partial charge < -0.3 is 5.32 Å². The van der Waals surface area contributed by atoms with E-state index in [0.717, 1.165) is 11.3 Å². The third-order valence-electron chi connectivity index (χ3n) is 2.51. The Kier molecular flexibility index (Phi) is 3.31. The van der Waals surface area contributed by atoms with Gasteiger partial charge in [0.15, 0.2) is 0 Å². The number of hydrogen-bond acceptors (Lipinski definition) is 2. The Morgan fingerprint density at radius 3 is 3.00 bits per heavy atom. The summed E-state index contributed by atoms with van der Waals surface area (Å²) in [6.07, 6.45) is 1.71. The maximum atomic E-state index is 13.0. The highest BCUT2D eigenvalue weighted by atomic mass is 19.1. The normalized spacial score (nSPS) is 12.6. The van der Waals surface area contributed by atoms with E-state index in [1.807, 2.05) is 19.1 Å². The van der Waals surface area contributed by atoms with Crippen LogP contribution < -0.4 is 5.32 Å². The van der Waals surface area contributed by atoms with E-state index in [0.29, 0.717) is 6.54 Å². The van der Waals surface area contributed by atoms with Crippen molar-refractivity contribution in [3.05, 3.63) is 53.6 Å². The predicted octanol–water partition coefficient (Wildman–Crippen LogP) is 2.40. The van der Waals surface area contributed by atoms with Crippen molar-refractivity contribution < 1.29 is 4.39 Å². The summed E-state index contributed by atoms with van der Waals surface area (Å²) >= 11 is 0. The second-order valence-corrected chi connectivity index (χ2v) is 3.74. The third kappa shape index (κ3) is 2.67. The fourth-order valence-corrected chi connectivity index (χ4v) is 1.54. The van der Waals surface area contributed by atoms with Crippen LogP contribution in [0.4, 0.5) is 4.39 Å². The summed E-state index contributed by atoms with van der Waals surface area (Å²) in [6.45, 7) is 2.70. The summed E-state index contributed by atoms with van der Waals surface area (Å²) < 4.78 is 13.0. The largest absolute Gasteiger partial charge is 0.305 e. The minimum Gasteiger partial charge on any atom is -0.305 e. The highest BCUT2D eigenvalue weighted by Gasteiger charge is 2.05. The quantitative estimate of drug-likeness (QED) is 0.829. The molecule has 0 radical (unpaired) electrons. The highest BCUT2D eigenvalue weighted by molar-refractivity contribution is 5.19. The van der Waals surface area contributed by atoms with Crippen LogP contribution in [-0.4, -0.2) is 10.2 Å². The SMILES string of the molecule is CC(NCc1ccn[nH]1)c1cccc(F)c1. The number of halogens is 1. The molecule has 0 bridgehead atoms. The van der Waals surface area contributed by atoms with E-state index in [2.05, 4.69) is 15.5 Å². The van der Waals surface area contributed by atoms with E-state index in [1.165, 1.54) is 6.07 Å². The van der Waals surface area contributed by atoms with Gasteiger partial charge in [0.1, 0.15) is 5.82 Å². The predicted molar refractivity (Wildman–Crippen MR) is 60.2 cm³/mol. The average Bonchev–Trinajstić information content (AvgIpc) is 2.78. The average molecular weight is 219 g/mol. The molecule has 84 valence electrons. The van der Waals surface area contributed by atoms with Crippen LogP contribution in [0.1, 0.15) is 24.2 Å². The molecule has 0 aliphatic rings. The Hall–Kier alpha value is -1.68. The van der Waals surface area contributed by atoms with Gasteiger partial charge in [-0.05, 0) is 30.7 Å². The van der Waals surface area contributed by atoms with E-state index < -0.39 is 0 Å². The van der Waals surface area contributed by atoms with Gasteiger partial charge in [-0.2, -0.15) is 5.10 Å². The molecule has 0 fully saturated rings. The van der Waals surface area contributed by atoms with Crippen molar-refractivity contribution in [3.8, 4) is 0 Å². The number of nitrogens with zero attached hydrogens (tertiary/aromatic N) is 1. The number of benzene rings is 1. The minimum atomic E-state index is -0.201. The molecule has 2 rings (SSSR count). The van der Waals surface area contributed by atoms with Gasteiger partial charge in [-0.1, -0.05) is 12.1 Å². The second kappa shape index (κ2) is 4.90. The van der Waals surface area contributed by atoms with Crippen molar-refractivity contribution in [3.63, 3.8) is 0 Å². The van der Waals surface area contributed by atoms with Crippen LogP contribution in [0.2, 0.25) is 0 Å². The second-order valence-electron chi connectivity index (χ2n) is 3.74. The molecule has 1 aromatic carbocycles. The summed E-state index contributed by atoms with van der Waals surface area (Å²) in [4.78, 5) is 0. The first-order valence-electron chi connectivity index (χ1n) is 5.23. The molecule has 0 saturated heterocycles. The first kappa shape index (κ1) is 10.8. The van der Waals surface area contributed by atoms with Crippen molar-refractivity contribution in [1.29, 1.82) is 0 Å². The molecule has 0 aliphatic carbocycles. The minimum absolute atomic E-state index is 0.110. The van der Waals surface area contributed by atoms with Gasteiger partial charge in [-0.15, -0.1) is 0 Å². The molecule has 0 amide bonds. The molecule has 0 spiro atoms. The Balaban J connectivity index is 1.95. The van der Waals surface area contributed by atoms with Crippen LogP contribution in [-0.2, 0) is 6.54 Å². The lowest BCUT2D eigenvalue weighted by Gasteiger charge is -2.13. The van der Waals surface area contributed by atoms with Gasteiger partial charge >= 0.3 is 0 Å². The van der Waals surface area contributed by atoms with Crippen molar-refractivity contribution in [1.82, 2.24) is 15.5 Å². The van der Waals surface area contributed by atoms with Crippen molar-refractivity contribution in [2.45, 2.75) is 19.5 Å². The molecule has 1 aromatic heterocycles. The van der Waals surface area contributed by atoms with E-state index >= 15 is 0 Å². The molecule has 16 heavy (non-hydrogen) atoms. The topological polar surface area (TPSA) is 40.7 Å². The standard InChI is InChI=1S/C12H14FN3/c1-9(10-3-2-4-11(13)7-10)14-8-12-5-6-15-16-12/h2-7,9,14H,8H2,1H3,(H,15,16). The van der Waals surface area contributed by atoms with E-state index in [4.69, 9.17) is 0 Å². The lowest BCUT2D eigenvalue weighted by atomic mass is 10.1.